The summed E-state index contributed by atoms with van der Waals surface area (Å²) in [6, 6.07) is 87.3. The minimum Gasteiger partial charge on any atom is -0.310 e. The van der Waals surface area contributed by atoms with Gasteiger partial charge >= 0.3 is 0 Å². The largest absolute Gasteiger partial charge is 0.310 e. The third-order valence-electron chi connectivity index (χ3n) is 12.7. The number of hydrogen-bond donors (Lipinski definition) is 0. The monoisotopic (exact) mass is 793 g/mol. The maximum Gasteiger partial charge on any atom is 0.0714 e. The van der Waals surface area contributed by atoms with Gasteiger partial charge in [-0.25, -0.2) is 0 Å². The van der Waals surface area contributed by atoms with Crippen LogP contribution in [0.1, 0.15) is 22.3 Å². The van der Waals surface area contributed by atoms with Crippen LogP contribution in [0.25, 0.3) is 64.3 Å². The van der Waals surface area contributed by atoms with Crippen molar-refractivity contribution in [1.29, 1.82) is 0 Å². The quantitative estimate of drug-likeness (QED) is 0.155. The van der Waals surface area contributed by atoms with Gasteiger partial charge in [0.2, 0.25) is 0 Å². The molecule has 61 heavy (non-hydrogen) atoms. The van der Waals surface area contributed by atoms with E-state index >= 15 is 0 Å². The van der Waals surface area contributed by atoms with Crippen molar-refractivity contribution in [2.45, 2.75) is 5.41 Å². The van der Waals surface area contributed by atoms with Crippen LogP contribution in [0, 0.1) is 0 Å². The van der Waals surface area contributed by atoms with Crippen molar-refractivity contribution in [1.82, 2.24) is 0 Å². The van der Waals surface area contributed by atoms with Crippen molar-refractivity contribution in [3.63, 3.8) is 0 Å². The number of rotatable bonds is 7. The summed E-state index contributed by atoms with van der Waals surface area (Å²) in [7, 11) is 0. The predicted molar refractivity (Wildman–Crippen MR) is 260 cm³/mol. The highest BCUT2D eigenvalue weighted by Crippen LogP contribution is 2.57. The fourth-order valence-corrected chi connectivity index (χ4v) is 11.2. The second-order valence-electron chi connectivity index (χ2n) is 16.0. The zero-order chi connectivity index (χ0) is 40.3. The molecule has 0 saturated heterocycles. The lowest BCUT2D eigenvalue weighted by Crippen LogP contribution is -2.28. The molecule has 286 valence electrons. The van der Waals surface area contributed by atoms with E-state index in [0.717, 1.165) is 17.1 Å². The molecule has 0 radical (unpaired) electrons. The molecular formula is C59H39NS. The van der Waals surface area contributed by atoms with Gasteiger partial charge in [-0.05, 0) is 115 Å². The van der Waals surface area contributed by atoms with Crippen LogP contribution in [0.15, 0.2) is 237 Å². The third-order valence-corrected chi connectivity index (χ3v) is 13.9. The van der Waals surface area contributed by atoms with Gasteiger partial charge in [-0.2, -0.15) is 0 Å². The summed E-state index contributed by atoms with van der Waals surface area (Å²) in [6.45, 7) is 0. The van der Waals surface area contributed by atoms with Crippen LogP contribution in [-0.2, 0) is 5.41 Å². The van der Waals surface area contributed by atoms with Crippen molar-refractivity contribution in [3.8, 4) is 33.4 Å². The van der Waals surface area contributed by atoms with Gasteiger partial charge in [-0.1, -0.05) is 188 Å². The number of anilines is 3. The van der Waals surface area contributed by atoms with E-state index in [-0.39, 0.29) is 0 Å². The summed E-state index contributed by atoms with van der Waals surface area (Å²) in [5.41, 5.74) is 15.4. The average molecular weight is 794 g/mol. The Kier molecular flexibility index (Phi) is 8.33. The number of nitrogens with zero attached hydrogens (tertiary/aromatic N) is 1. The molecule has 0 aliphatic heterocycles. The lowest BCUT2D eigenvalue weighted by atomic mass is 9.67. The Labute approximate surface area is 360 Å². The lowest BCUT2D eigenvalue weighted by molar-refractivity contribution is 0.768. The van der Waals surface area contributed by atoms with Crippen molar-refractivity contribution in [3.05, 3.63) is 259 Å². The fraction of sp³-hybridized carbons (Fsp3) is 0.0169. The molecule has 1 aliphatic rings. The van der Waals surface area contributed by atoms with E-state index in [4.69, 9.17) is 0 Å². The molecule has 0 spiro atoms. The summed E-state index contributed by atoms with van der Waals surface area (Å²) in [4.78, 5) is 2.45. The minimum atomic E-state index is -0.496. The van der Waals surface area contributed by atoms with Gasteiger partial charge in [0.15, 0.2) is 0 Å². The lowest BCUT2D eigenvalue weighted by Gasteiger charge is -2.35. The van der Waals surface area contributed by atoms with Gasteiger partial charge in [-0.3, -0.25) is 0 Å². The van der Waals surface area contributed by atoms with E-state index in [1.54, 1.807) is 0 Å². The maximum absolute atomic E-state index is 2.46. The Morgan fingerprint density at radius 1 is 0.311 bits per heavy atom. The molecule has 12 rings (SSSR count). The molecule has 1 nitrogen and oxygen atoms in total. The number of thiophene rings is 1. The molecule has 1 heterocycles. The first-order chi connectivity index (χ1) is 30.2. The Morgan fingerprint density at radius 2 is 0.885 bits per heavy atom. The van der Waals surface area contributed by atoms with E-state index in [1.165, 1.54) is 86.6 Å². The predicted octanol–water partition coefficient (Wildman–Crippen LogP) is 16.4. The molecule has 2 heteroatoms. The first kappa shape index (κ1) is 35.4. The van der Waals surface area contributed by atoms with Gasteiger partial charge in [-0.15, -0.1) is 11.3 Å². The molecule has 1 aliphatic carbocycles. The van der Waals surface area contributed by atoms with E-state index in [1.807, 2.05) is 11.3 Å². The van der Waals surface area contributed by atoms with Gasteiger partial charge in [0.25, 0.3) is 0 Å². The van der Waals surface area contributed by atoms with E-state index in [0.29, 0.717) is 0 Å². The molecule has 1 aromatic heterocycles. The zero-order valence-corrected chi connectivity index (χ0v) is 34.2. The summed E-state index contributed by atoms with van der Waals surface area (Å²) in [5, 5.41) is 5.12. The summed E-state index contributed by atoms with van der Waals surface area (Å²) < 4.78 is 2.59. The Balaban J connectivity index is 1.03. The molecule has 10 aromatic carbocycles. The van der Waals surface area contributed by atoms with Crippen LogP contribution in [0.5, 0.6) is 0 Å². The molecule has 0 saturated carbocycles. The van der Waals surface area contributed by atoms with Gasteiger partial charge < -0.3 is 4.90 Å². The Hall–Kier alpha value is -7.52. The Bertz CT molecular complexity index is 3370. The minimum absolute atomic E-state index is 0.496. The molecule has 0 N–H and O–H groups in total. The molecule has 0 unspecified atom stereocenters. The summed E-state index contributed by atoms with van der Waals surface area (Å²) in [5.74, 6) is 0. The highest BCUT2D eigenvalue weighted by Gasteiger charge is 2.46. The molecule has 0 amide bonds. The van der Waals surface area contributed by atoms with E-state index < -0.39 is 5.41 Å². The van der Waals surface area contributed by atoms with E-state index in [2.05, 4.69) is 241 Å². The molecule has 11 aromatic rings. The molecule has 0 bridgehead atoms. The topological polar surface area (TPSA) is 3.24 Å². The van der Waals surface area contributed by atoms with Crippen LogP contribution in [0.2, 0.25) is 0 Å². The van der Waals surface area contributed by atoms with Crippen LogP contribution in [0.3, 0.4) is 0 Å². The van der Waals surface area contributed by atoms with Crippen molar-refractivity contribution < 1.29 is 0 Å². The zero-order valence-electron chi connectivity index (χ0n) is 33.4. The van der Waals surface area contributed by atoms with Crippen LogP contribution < -0.4 is 4.90 Å². The fourth-order valence-electron chi connectivity index (χ4n) is 10.0. The second-order valence-corrected chi connectivity index (χ2v) is 17.1. The smallest absolute Gasteiger partial charge is 0.0714 e. The van der Waals surface area contributed by atoms with Gasteiger partial charge in [0.05, 0.1) is 5.41 Å². The maximum atomic E-state index is 2.46. The van der Waals surface area contributed by atoms with E-state index in [9.17, 15) is 0 Å². The highest BCUT2D eigenvalue weighted by molar-refractivity contribution is 7.25. The van der Waals surface area contributed by atoms with Crippen LogP contribution >= 0.6 is 11.3 Å². The molecular weight excluding hydrogens is 755 g/mol. The second kappa shape index (κ2) is 14.3. The molecule has 0 atom stereocenters. The first-order valence-corrected chi connectivity index (χ1v) is 21.8. The molecule has 0 fully saturated rings. The average Bonchev–Trinajstić information content (AvgIpc) is 3.85. The number of fused-ring (bicyclic) bond motifs is 7. The highest BCUT2D eigenvalue weighted by atomic mass is 32.1. The number of hydrogen-bond acceptors (Lipinski definition) is 2. The first-order valence-electron chi connectivity index (χ1n) is 21.0. The van der Waals surface area contributed by atoms with Crippen molar-refractivity contribution in [2.24, 2.45) is 0 Å². The summed E-state index contributed by atoms with van der Waals surface area (Å²) >= 11 is 1.86. The van der Waals surface area contributed by atoms with Crippen molar-refractivity contribution in [2.75, 3.05) is 4.90 Å². The van der Waals surface area contributed by atoms with Crippen molar-refractivity contribution >= 4 is 59.3 Å². The van der Waals surface area contributed by atoms with Crippen LogP contribution in [0.4, 0.5) is 17.1 Å². The normalized spacial score (nSPS) is 12.7. The van der Waals surface area contributed by atoms with Gasteiger partial charge in [0, 0.05) is 37.2 Å². The van der Waals surface area contributed by atoms with Gasteiger partial charge in [0.1, 0.15) is 0 Å². The third kappa shape index (κ3) is 5.68. The summed E-state index contributed by atoms with van der Waals surface area (Å²) in [6.07, 6.45) is 0. The Morgan fingerprint density at radius 3 is 1.70 bits per heavy atom. The van der Waals surface area contributed by atoms with Crippen LogP contribution in [-0.4, -0.2) is 0 Å². The number of benzene rings is 10. The SMILES string of the molecule is c1ccc(C2(c3ccccc3)c3ccccc3-c3ccc(N(c4ccc(-c5cccc(-c6cccc7ccccc67)c5)cc4)c4ccc5c(c4)sc4ccccc45)cc32)cc1. The standard InChI is InChI=1S/C59H39NS/c1-3-19-44(20-4-1)59(45-21-5-2-6-22-45)55-27-11-9-24-51(55)52-35-33-47(38-56(52)59)60(48-34-36-54-53-25-10-12-28-57(53)61-58(54)39-48)46-31-29-40(30-32-46)42-17-13-18-43(37-42)50-26-14-16-41-15-7-8-23-49(41)50/h1-39H.